The van der Waals surface area contributed by atoms with Crippen LogP contribution < -0.4 is 5.32 Å². The van der Waals surface area contributed by atoms with Gasteiger partial charge in [0.1, 0.15) is 0 Å². The molecule has 0 saturated heterocycles. The number of nitrogens with one attached hydrogen (secondary N) is 1. The first-order valence-electron chi connectivity index (χ1n) is 8.34. The van der Waals surface area contributed by atoms with Gasteiger partial charge in [0, 0.05) is 15.7 Å². The molecule has 0 aliphatic rings. The van der Waals surface area contributed by atoms with Gasteiger partial charge in [0.2, 0.25) is 0 Å². The van der Waals surface area contributed by atoms with Crippen molar-refractivity contribution in [1.29, 1.82) is 0 Å². The van der Waals surface area contributed by atoms with Gasteiger partial charge in [-0.15, -0.1) is 0 Å². The van der Waals surface area contributed by atoms with Gasteiger partial charge in [-0.2, -0.15) is 0 Å². The first-order valence-corrected chi connectivity index (χ1v) is 9.13. The number of anilines is 1. The standard InChI is InChI=1S/C22H18BrNO3/c1-14-3-10-18(11-4-14)24-21(25)17-9-12-19(20(23)13-17)15-5-7-16(8-6-15)22(26)27-2/h3-13H,1-2H3,(H,24,25). The van der Waals surface area contributed by atoms with Gasteiger partial charge in [0.05, 0.1) is 12.7 Å². The number of esters is 1. The summed E-state index contributed by atoms with van der Waals surface area (Å²) >= 11 is 3.54. The molecule has 3 aromatic rings. The Morgan fingerprint density at radius 3 is 2.11 bits per heavy atom. The van der Waals surface area contributed by atoms with Crippen molar-refractivity contribution in [3.63, 3.8) is 0 Å². The Kier molecular flexibility index (Phi) is 5.72. The quantitative estimate of drug-likeness (QED) is 0.566. The van der Waals surface area contributed by atoms with Crippen molar-refractivity contribution in [2.45, 2.75) is 6.92 Å². The van der Waals surface area contributed by atoms with E-state index in [-0.39, 0.29) is 11.9 Å². The SMILES string of the molecule is COC(=O)c1ccc(-c2ccc(C(=O)Nc3ccc(C)cc3)cc2Br)cc1. The van der Waals surface area contributed by atoms with Crippen molar-refractivity contribution in [1.82, 2.24) is 0 Å². The zero-order valence-electron chi connectivity index (χ0n) is 15.0. The molecule has 0 saturated carbocycles. The van der Waals surface area contributed by atoms with Gasteiger partial charge in [-0.1, -0.05) is 51.8 Å². The van der Waals surface area contributed by atoms with Crippen molar-refractivity contribution >= 4 is 33.5 Å². The lowest BCUT2D eigenvalue weighted by Gasteiger charge is -2.09. The Morgan fingerprint density at radius 1 is 0.889 bits per heavy atom. The minimum absolute atomic E-state index is 0.174. The van der Waals surface area contributed by atoms with Crippen LogP contribution in [-0.2, 0) is 4.74 Å². The lowest BCUT2D eigenvalue weighted by atomic mass is 10.0. The maximum atomic E-state index is 12.5. The van der Waals surface area contributed by atoms with E-state index in [1.165, 1.54) is 7.11 Å². The van der Waals surface area contributed by atoms with Crippen LogP contribution in [0.2, 0.25) is 0 Å². The van der Waals surface area contributed by atoms with E-state index in [1.807, 2.05) is 49.4 Å². The summed E-state index contributed by atoms with van der Waals surface area (Å²) in [6, 6.07) is 20.2. The predicted octanol–water partition coefficient (Wildman–Crippen LogP) is 5.46. The van der Waals surface area contributed by atoms with Gasteiger partial charge in [-0.3, -0.25) is 4.79 Å². The molecule has 5 heteroatoms. The van der Waals surface area contributed by atoms with Gasteiger partial charge in [0.25, 0.3) is 5.91 Å². The lowest BCUT2D eigenvalue weighted by molar-refractivity contribution is 0.0600. The average molecular weight is 424 g/mol. The third-order valence-electron chi connectivity index (χ3n) is 4.16. The number of aryl methyl sites for hydroxylation is 1. The summed E-state index contributed by atoms with van der Waals surface area (Å²) in [4.78, 5) is 24.0. The molecule has 0 spiro atoms. The summed E-state index contributed by atoms with van der Waals surface area (Å²) in [5.74, 6) is -0.545. The van der Waals surface area contributed by atoms with E-state index in [0.717, 1.165) is 26.9 Å². The van der Waals surface area contributed by atoms with Gasteiger partial charge in [-0.05, 0) is 54.4 Å². The van der Waals surface area contributed by atoms with Crippen LogP contribution in [0.25, 0.3) is 11.1 Å². The summed E-state index contributed by atoms with van der Waals surface area (Å²) in [6.45, 7) is 2.00. The Labute approximate surface area is 166 Å². The molecule has 27 heavy (non-hydrogen) atoms. The number of benzene rings is 3. The van der Waals surface area contributed by atoms with Gasteiger partial charge in [-0.25, -0.2) is 4.79 Å². The molecule has 0 heterocycles. The molecule has 0 radical (unpaired) electrons. The van der Waals surface area contributed by atoms with Gasteiger partial charge < -0.3 is 10.1 Å². The van der Waals surface area contributed by atoms with Crippen LogP contribution >= 0.6 is 15.9 Å². The van der Waals surface area contributed by atoms with Crippen LogP contribution in [0.3, 0.4) is 0 Å². The maximum absolute atomic E-state index is 12.5. The van der Waals surface area contributed by atoms with E-state index < -0.39 is 0 Å². The number of carbonyl (C=O) groups is 2. The molecule has 0 aliphatic heterocycles. The maximum Gasteiger partial charge on any atom is 0.337 e. The van der Waals surface area contributed by atoms with E-state index in [9.17, 15) is 9.59 Å². The first kappa shape index (κ1) is 18.9. The van der Waals surface area contributed by atoms with Crippen molar-refractivity contribution in [2.24, 2.45) is 0 Å². The molecule has 4 nitrogen and oxygen atoms in total. The highest BCUT2D eigenvalue weighted by atomic mass is 79.9. The Bertz CT molecular complexity index is 979. The lowest BCUT2D eigenvalue weighted by Crippen LogP contribution is -2.11. The van der Waals surface area contributed by atoms with Crippen LogP contribution in [0.4, 0.5) is 5.69 Å². The van der Waals surface area contributed by atoms with Crippen LogP contribution in [-0.4, -0.2) is 19.0 Å². The number of hydrogen-bond acceptors (Lipinski definition) is 3. The van der Waals surface area contributed by atoms with Crippen molar-refractivity contribution in [3.8, 4) is 11.1 Å². The van der Waals surface area contributed by atoms with Crippen molar-refractivity contribution < 1.29 is 14.3 Å². The smallest absolute Gasteiger partial charge is 0.337 e. The molecule has 0 aromatic heterocycles. The Morgan fingerprint density at radius 2 is 1.52 bits per heavy atom. The third-order valence-corrected chi connectivity index (χ3v) is 4.81. The van der Waals surface area contributed by atoms with Crippen molar-refractivity contribution in [3.05, 3.63) is 87.9 Å². The fraction of sp³-hybridized carbons (Fsp3) is 0.0909. The molecule has 0 unspecified atom stereocenters. The topological polar surface area (TPSA) is 55.4 Å². The number of methoxy groups -OCH3 is 1. The summed E-state index contributed by atoms with van der Waals surface area (Å²) in [6.07, 6.45) is 0. The van der Waals surface area contributed by atoms with E-state index in [1.54, 1.807) is 24.3 Å². The molecule has 3 rings (SSSR count). The van der Waals surface area contributed by atoms with Crippen molar-refractivity contribution in [2.75, 3.05) is 12.4 Å². The molecule has 1 N–H and O–H groups in total. The molecular formula is C22H18BrNO3. The number of hydrogen-bond donors (Lipinski definition) is 1. The van der Waals surface area contributed by atoms with Crippen LogP contribution in [0.5, 0.6) is 0 Å². The summed E-state index contributed by atoms with van der Waals surface area (Å²) in [7, 11) is 1.35. The number of carbonyl (C=O) groups excluding carboxylic acids is 2. The van der Waals surface area contributed by atoms with Crippen LogP contribution in [0, 0.1) is 6.92 Å². The van der Waals surface area contributed by atoms with Gasteiger partial charge in [0.15, 0.2) is 0 Å². The fourth-order valence-corrected chi connectivity index (χ4v) is 3.24. The van der Waals surface area contributed by atoms with E-state index in [0.29, 0.717) is 11.1 Å². The molecule has 1 amide bonds. The van der Waals surface area contributed by atoms with Crippen LogP contribution in [0.1, 0.15) is 26.3 Å². The molecule has 0 atom stereocenters. The molecule has 0 fully saturated rings. The van der Waals surface area contributed by atoms with E-state index in [2.05, 4.69) is 21.2 Å². The number of ether oxygens (including phenoxy) is 1. The van der Waals surface area contributed by atoms with E-state index >= 15 is 0 Å². The second-order valence-corrected chi connectivity index (χ2v) is 6.94. The number of amides is 1. The van der Waals surface area contributed by atoms with Crippen LogP contribution in [0.15, 0.2) is 71.2 Å². The second kappa shape index (κ2) is 8.18. The predicted molar refractivity (Wildman–Crippen MR) is 110 cm³/mol. The largest absolute Gasteiger partial charge is 0.465 e. The summed E-state index contributed by atoms with van der Waals surface area (Å²) < 4.78 is 5.51. The van der Waals surface area contributed by atoms with E-state index in [4.69, 9.17) is 4.74 Å². The monoisotopic (exact) mass is 423 g/mol. The normalized spacial score (nSPS) is 10.3. The second-order valence-electron chi connectivity index (χ2n) is 6.08. The highest BCUT2D eigenvalue weighted by Crippen LogP contribution is 2.29. The molecular weight excluding hydrogens is 406 g/mol. The highest BCUT2D eigenvalue weighted by Gasteiger charge is 2.11. The highest BCUT2D eigenvalue weighted by molar-refractivity contribution is 9.10. The first-order chi connectivity index (χ1) is 13.0. The third kappa shape index (κ3) is 4.44. The Balaban J connectivity index is 1.79. The zero-order chi connectivity index (χ0) is 19.4. The molecule has 0 aliphatic carbocycles. The molecule has 136 valence electrons. The minimum Gasteiger partial charge on any atom is -0.465 e. The summed E-state index contributed by atoms with van der Waals surface area (Å²) in [5, 5.41) is 2.89. The Hall–Kier alpha value is -2.92. The zero-order valence-corrected chi connectivity index (χ0v) is 16.5. The molecule has 0 bridgehead atoms. The number of halogens is 1. The van der Waals surface area contributed by atoms with Gasteiger partial charge >= 0.3 is 5.97 Å². The average Bonchev–Trinajstić information content (AvgIpc) is 2.69. The molecule has 3 aromatic carbocycles. The minimum atomic E-state index is -0.372. The fourth-order valence-electron chi connectivity index (χ4n) is 2.63. The number of rotatable bonds is 4. The summed E-state index contributed by atoms with van der Waals surface area (Å²) in [5.41, 5.74) is 4.80.